The molecule has 0 unspecified atom stereocenters. The first-order valence-corrected chi connectivity index (χ1v) is 10.4. The Kier molecular flexibility index (Phi) is 5.07. The van der Waals surface area contributed by atoms with Gasteiger partial charge in [-0.2, -0.15) is 8.78 Å². The fraction of sp³-hybridized carbons (Fsp3) is 0.273. The van der Waals surface area contributed by atoms with Gasteiger partial charge in [0.15, 0.2) is 10.5 Å². The molecule has 0 saturated carbocycles. The van der Waals surface area contributed by atoms with Gasteiger partial charge in [0, 0.05) is 31.6 Å². The highest BCUT2D eigenvalue weighted by Gasteiger charge is 2.26. The first-order valence-electron chi connectivity index (χ1n) is 10.0. The highest BCUT2D eigenvalue weighted by molar-refractivity contribution is 7.71. The van der Waals surface area contributed by atoms with Gasteiger partial charge in [-0.25, -0.2) is 0 Å². The maximum Gasteiger partial charge on any atom is 0.321 e. The molecule has 4 aromatic rings. The Balaban J connectivity index is 1.31. The van der Waals surface area contributed by atoms with Crippen molar-refractivity contribution < 1.29 is 18.0 Å². The minimum Gasteiger partial charge on any atom is -0.451 e. The lowest BCUT2D eigenvalue weighted by atomic mass is 10.2. The van der Waals surface area contributed by atoms with Gasteiger partial charge in [0.05, 0.1) is 17.7 Å². The van der Waals surface area contributed by atoms with E-state index in [0.717, 1.165) is 9.95 Å². The summed E-state index contributed by atoms with van der Waals surface area (Å²) in [4.78, 5) is 16.7. The molecule has 5 rings (SSSR count). The molecule has 2 aromatic carbocycles. The Hall–Kier alpha value is -3.04. The van der Waals surface area contributed by atoms with Crippen LogP contribution in [0.25, 0.3) is 22.0 Å². The molecule has 0 bridgehead atoms. The second kappa shape index (κ2) is 7.90. The quantitative estimate of drug-likeness (QED) is 0.429. The van der Waals surface area contributed by atoms with Crippen molar-refractivity contribution in [3.63, 3.8) is 0 Å². The lowest BCUT2D eigenvalue weighted by Crippen LogP contribution is -2.48. The Morgan fingerprint density at radius 1 is 1.00 bits per heavy atom. The molecule has 3 heterocycles. The van der Waals surface area contributed by atoms with E-state index in [-0.39, 0.29) is 10.7 Å². The van der Waals surface area contributed by atoms with Crippen LogP contribution in [0, 0.1) is 4.77 Å². The fourth-order valence-electron chi connectivity index (χ4n) is 4.09. The SMILES string of the molecule is O=C(c1cc2ccccc2o1)N1CCN(Cn2c(=S)n(C(F)F)c3ccccc32)CC1. The third kappa shape index (κ3) is 3.53. The van der Waals surface area contributed by atoms with Crippen molar-refractivity contribution in [3.05, 3.63) is 65.1 Å². The van der Waals surface area contributed by atoms with E-state index in [9.17, 15) is 13.6 Å². The molecule has 0 aliphatic carbocycles. The number of aromatic nitrogens is 2. The summed E-state index contributed by atoms with van der Waals surface area (Å²) in [5.74, 6) is 0.193. The second-order valence-corrected chi connectivity index (χ2v) is 7.91. The molecule has 0 radical (unpaired) electrons. The molecule has 1 amide bonds. The van der Waals surface area contributed by atoms with E-state index in [1.165, 1.54) is 0 Å². The number of para-hydroxylation sites is 3. The summed E-state index contributed by atoms with van der Waals surface area (Å²) in [6.07, 6.45) is 0. The Labute approximate surface area is 181 Å². The Morgan fingerprint density at radius 3 is 2.39 bits per heavy atom. The smallest absolute Gasteiger partial charge is 0.321 e. The van der Waals surface area contributed by atoms with E-state index in [2.05, 4.69) is 4.90 Å². The van der Waals surface area contributed by atoms with E-state index in [1.54, 1.807) is 33.7 Å². The highest BCUT2D eigenvalue weighted by atomic mass is 32.1. The van der Waals surface area contributed by atoms with Gasteiger partial charge in [0.1, 0.15) is 5.58 Å². The average molecular weight is 442 g/mol. The number of furan rings is 1. The van der Waals surface area contributed by atoms with Crippen LogP contribution < -0.4 is 0 Å². The van der Waals surface area contributed by atoms with Crippen LogP contribution in [0.3, 0.4) is 0 Å². The van der Waals surface area contributed by atoms with Gasteiger partial charge in [-0.3, -0.25) is 14.3 Å². The predicted octanol–water partition coefficient (Wildman–Crippen LogP) is 4.73. The molecule has 1 fully saturated rings. The van der Waals surface area contributed by atoms with Crippen molar-refractivity contribution in [3.8, 4) is 0 Å². The molecule has 6 nitrogen and oxygen atoms in total. The van der Waals surface area contributed by atoms with Crippen molar-refractivity contribution in [1.29, 1.82) is 0 Å². The molecule has 2 aromatic heterocycles. The molecule has 0 spiro atoms. The number of carbonyl (C=O) groups is 1. The van der Waals surface area contributed by atoms with E-state index >= 15 is 0 Å². The number of piperazine rings is 1. The van der Waals surface area contributed by atoms with Crippen LogP contribution in [-0.4, -0.2) is 51.0 Å². The summed E-state index contributed by atoms with van der Waals surface area (Å²) in [7, 11) is 0. The number of alkyl halides is 2. The maximum absolute atomic E-state index is 13.5. The number of benzene rings is 2. The van der Waals surface area contributed by atoms with E-state index in [1.807, 2.05) is 30.3 Å². The Morgan fingerprint density at radius 2 is 1.68 bits per heavy atom. The molecule has 0 atom stereocenters. The van der Waals surface area contributed by atoms with Crippen LogP contribution in [0.4, 0.5) is 8.78 Å². The molecule has 160 valence electrons. The van der Waals surface area contributed by atoms with Crippen molar-refractivity contribution in [2.24, 2.45) is 0 Å². The topological polar surface area (TPSA) is 46.6 Å². The molecule has 1 aliphatic rings. The number of hydrogen-bond donors (Lipinski definition) is 0. The first-order chi connectivity index (χ1) is 15.0. The molecule has 0 N–H and O–H groups in total. The Bertz CT molecular complexity index is 1290. The molecule has 31 heavy (non-hydrogen) atoms. The van der Waals surface area contributed by atoms with Crippen LogP contribution in [0.5, 0.6) is 0 Å². The second-order valence-electron chi connectivity index (χ2n) is 7.55. The number of halogens is 2. The monoisotopic (exact) mass is 442 g/mol. The van der Waals surface area contributed by atoms with E-state index < -0.39 is 6.55 Å². The molecule has 9 heteroatoms. The summed E-state index contributed by atoms with van der Waals surface area (Å²) in [6, 6.07) is 16.3. The number of imidazole rings is 1. The van der Waals surface area contributed by atoms with Gasteiger partial charge in [-0.1, -0.05) is 30.3 Å². The predicted molar refractivity (Wildman–Crippen MR) is 116 cm³/mol. The van der Waals surface area contributed by atoms with Crippen LogP contribution in [0.2, 0.25) is 0 Å². The van der Waals surface area contributed by atoms with E-state index in [4.69, 9.17) is 16.6 Å². The van der Waals surface area contributed by atoms with Crippen molar-refractivity contribution in [2.45, 2.75) is 13.2 Å². The summed E-state index contributed by atoms with van der Waals surface area (Å²) in [5.41, 5.74) is 1.78. The number of hydrogen-bond acceptors (Lipinski definition) is 4. The lowest BCUT2D eigenvalue weighted by Gasteiger charge is -2.34. The third-order valence-corrected chi connectivity index (χ3v) is 6.12. The van der Waals surface area contributed by atoms with E-state index in [0.29, 0.717) is 55.2 Å². The number of rotatable bonds is 4. The number of fused-ring (bicyclic) bond motifs is 2. The number of amides is 1. The van der Waals surface area contributed by atoms with Crippen molar-refractivity contribution in [1.82, 2.24) is 18.9 Å². The summed E-state index contributed by atoms with van der Waals surface area (Å²) < 4.78 is 35.5. The summed E-state index contributed by atoms with van der Waals surface area (Å²) in [6.45, 7) is -0.0277. The average Bonchev–Trinajstić information content (AvgIpc) is 3.33. The largest absolute Gasteiger partial charge is 0.451 e. The minimum absolute atomic E-state index is 0.0944. The van der Waals surface area contributed by atoms with Gasteiger partial charge in [-0.05, 0) is 36.5 Å². The van der Waals surface area contributed by atoms with Gasteiger partial charge in [-0.15, -0.1) is 0 Å². The van der Waals surface area contributed by atoms with Crippen molar-refractivity contribution >= 4 is 40.1 Å². The first kappa shape index (κ1) is 19.9. The molecule has 1 saturated heterocycles. The highest BCUT2D eigenvalue weighted by Crippen LogP contribution is 2.25. The zero-order valence-electron chi connectivity index (χ0n) is 16.6. The van der Waals surface area contributed by atoms with Crippen LogP contribution >= 0.6 is 12.2 Å². The molecule has 1 aliphatic heterocycles. The van der Waals surface area contributed by atoms with Gasteiger partial charge in [0.2, 0.25) is 0 Å². The zero-order chi connectivity index (χ0) is 21.5. The van der Waals surface area contributed by atoms with Crippen molar-refractivity contribution in [2.75, 3.05) is 26.2 Å². The lowest BCUT2D eigenvalue weighted by molar-refractivity contribution is 0.0555. The summed E-state index contributed by atoms with van der Waals surface area (Å²) in [5, 5.41) is 0.897. The van der Waals surface area contributed by atoms with Gasteiger partial charge >= 0.3 is 6.55 Å². The maximum atomic E-state index is 13.5. The van der Waals surface area contributed by atoms with Gasteiger partial charge < -0.3 is 13.9 Å². The standard InChI is InChI=1S/C22H20F2N4O2S/c23-21(24)28-17-7-3-2-6-16(17)27(22(28)31)14-25-9-11-26(12-10-25)20(29)19-13-15-5-1-4-8-18(15)30-19/h1-8,13,21H,9-12,14H2. The molecular weight excluding hydrogens is 422 g/mol. The molecular formula is C22H20F2N4O2S. The summed E-state index contributed by atoms with van der Waals surface area (Å²) >= 11 is 5.34. The number of nitrogens with zero attached hydrogens (tertiary/aromatic N) is 4. The zero-order valence-corrected chi connectivity index (χ0v) is 17.4. The van der Waals surface area contributed by atoms with Gasteiger partial charge in [0.25, 0.3) is 5.91 Å². The minimum atomic E-state index is -2.70. The normalized spacial score (nSPS) is 15.4. The fourth-order valence-corrected chi connectivity index (χ4v) is 4.43. The van der Waals surface area contributed by atoms with Crippen LogP contribution in [0.1, 0.15) is 17.1 Å². The third-order valence-electron chi connectivity index (χ3n) is 5.70. The number of carbonyl (C=O) groups excluding carboxylic acids is 1. The van der Waals surface area contributed by atoms with Crippen LogP contribution in [-0.2, 0) is 6.67 Å². The van der Waals surface area contributed by atoms with Crippen LogP contribution in [0.15, 0.2) is 59.0 Å².